The number of carboxylic acids is 1. The molecule has 3 aromatic rings. The van der Waals surface area contributed by atoms with Crippen LogP contribution < -0.4 is 19.7 Å². The van der Waals surface area contributed by atoms with Crippen LogP contribution in [0.25, 0.3) is 0 Å². The maximum absolute atomic E-state index is 12.9. The molecular weight excluding hydrogens is 515 g/mol. The minimum absolute atomic E-state index is 0.0279. The number of ether oxygens (including phenoxy) is 2. The van der Waals surface area contributed by atoms with Crippen molar-refractivity contribution in [2.24, 2.45) is 0 Å². The van der Waals surface area contributed by atoms with Crippen molar-refractivity contribution in [3.63, 3.8) is 0 Å². The summed E-state index contributed by atoms with van der Waals surface area (Å²) in [4.78, 5) is 26.7. The normalized spacial score (nSPS) is 18.9. The Morgan fingerprint density at radius 1 is 1.05 bits per heavy atom. The Kier molecular flexibility index (Phi) is 7.44. The summed E-state index contributed by atoms with van der Waals surface area (Å²) in [5.74, 6) is -0.415. The van der Waals surface area contributed by atoms with Gasteiger partial charge in [-0.05, 0) is 67.8 Å². The number of hydrogen-bond donors (Lipinski definition) is 2. The van der Waals surface area contributed by atoms with Crippen molar-refractivity contribution in [2.75, 3.05) is 24.6 Å². The fourth-order valence-corrected chi connectivity index (χ4v) is 5.19. The number of anilines is 1. The quantitative estimate of drug-likeness (QED) is 0.390. The van der Waals surface area contributed by atoms with Gasteiger partial charge in [0.1, 0.15) is 17.2 Å². The summed E-state index contributed by atoms with van der Waals surface area (Å²) >= 11 is 12.5. The molecule has 7 nitrogen and oxygen atoms in total. The number of aliphatic carboxylic acids is 1. The van der Waals surface area contributed by atoms with Crippen LogP contribution >= 0.6 is 23.2 Å². The molecule has 5 rings (SSSR count). The molecular formula is C28H26Cl2N2O5. The van der Waals surface area contributed by atoms with E-state index in [0.717, 1.165) is 31.6 Å². The molecule has 1 fully saturated rings. The Morgan fingerprint density at radius 2 is 1.86 bits per heavy atom. The predicted molar refractivity (Wildman–Crippen MR) is 143 cm³/mol. The van der Waals surface area contributed by atoms with Crippen molar-refractivity contribution in [3.8, 4) is 17.2 Å². The van der Waals surface area contributed by atoms with Crippen LogP contribution in [0.4, 0.5) is 5.69 Å². The molecule has 2 heterocycles. The third-order valence-electron chi connectivity index (χ3n) is 6.68. The number of benzene rings is 3. The van der Waals surface area contributed by atoms with Crippen molar-refractivity contribution in [2.45, 2.75) is 31.2 Å². The average molecular weight is 541 g/mol. The van der Waals surface area contributed by atoms with Crippen LogP contribution in [-0.2, 0) is 4.79 Å². The first-order valence-corrected chi connectivity index (χ1v) is 12.9. The molecule has 2 aliphatic heterocycles. The van der Waals surface area contributed by atoms with E-state index < -0.39 is 11.9 Å². The Morgan fingerprint density at radius 3 is 2.62 bits per heavy atom. The summed E-state index contributed by atoms with van der Waals surface area (Å²) in [6, 6.07) is 17.8. The Labute approximate surface area is 224 Å². The first kappa shape index (κ1) is 25.2. The Balaban J connectivity index is 1.22. The molecule has 0 aliphatic carbocycles. The molecule has 37 heavy (non-hydrogen) atoms. The third kappa shape index (κ3) is 5.78. The second-order valence-electron chi connectivity index (χ2n) is 9.21. The summed E-state index contributed by atoms with van der Waals surface area (Å²) in [6.07, 6.45) is 2.27. The highest BCUT2D eigenvalue weighted by atomic mass is 35.5. The van der Waals surface area contributed by atoms with Gasteiger partial charge in [0.05, 0.1) is 17.5 Å². The van der Waals surface area contributed by atoms with Crippen LogP contribution in [0, 0.1) is 0 Å². The number of piperidine rings is 1. The van der Waals surface area contributed by atoms with E-state index in [1.165, 1.54) is 0 Å². The third-order valence-corrected chi connectivity index (χ3v) is 7.21. The van der Waals surface area contributed by atoms with E-state index in [9.17, 15) is 14.7 Å². The van der Waals surface area contributed by atoms with Gasteiger partial charge < -0.3 is 24.8 Å². The van der Waals surface area contributed by atoms with Crippen LogP contribution in [0.1, 0.15) is 41.1 Å². The number of halogens is 2. The van der Waals surface area contributed by atoms with E-state index in [0.29, 0.717) is 51.4 Å². The van der Waals surface area contributed by atoms with E-state index in [2.05, 4.69) is 10.2 Å². The minimum Gasteiger partial charge on any atom is -0.493 e. The monoisotopic (exact) mass is 540 g/mol. The van der Waals surface area contributed by atoms with E-state index in [1.54, 1.807) is 36.4 Å². The topological polar surface area (TPSA) is 88.1 Å². The standard InChI is InChI=1S/C28H26Cl2N2O5/c29-18-3-1-5-20(13-18)32-11-2-4-19(16-32)31-27(33)17-6-8-21(9-7-17)37-26-15-25-23(14-24(26)30)22(28(34)35)10-12-36-25/h1,3,5-9,13-15,19,22H,2,4,10-12,16H2,(H,31,33)(H,34,35)/t19-,22?/m0/s1. The van der Waals surface area contributed by atoms with Gasteiger partial charge in [0.25, 0.3) is 5.91 Å². The second-order valence-corrected chi connectivity index (χ2v) is 10.1. The fraction of sp³-hybridized carbons (Fsp3) is 0.286. The van der Waals surface area contributed by atoms with Gasteiger partial charge in [0.2, 0.25) is 0 Å². The van der Waals surface area contributed by atoms with Crippen LogP contribution in [0.2, 0.25) is 10.0 Å². The highest BCUT2D eigenvalue weighted by Crippen LogP contribution is 2.41. The average Bonchev–Trinajstić information content (AvgIpc) is 2.89. The number of fused-ring (bicyclic) bond motifs is 1. The van der Waals surface area contributed by atoms with Crippen LogP contribution in [0.15, 0.2) is 60.7 Å². The number of nitrogens with one attached hydrogen (secondary N) is 1. The molecule has 1 saturated heterocycles. The number of carbonyl (C=O) groups excluding carboxylic acids is 1. The number of amides is 1. The first-order valence-electron chi connectivity index (χ1n) is 12.2. The smallest absolute Gasteiger partial charge is 0.311 e. The van der Waals surface area contributed by atoms with Gasteiger partial charge in [-0.1, -0.05) is 29.3 Å². The molecule has 0 saturated carbocycles. The predicted octanol–water partition coefficient (Wildman–Crippen LogP) is 6.14. The lowest BCUT2D eigenvalue weighted by atomic mass is 9.93. The molecule has 192 valence electrons. The van der Waals surface area contributed by atoms with Crippen molar-refractivity contribution in [1.29, 1.82) is 0 Å². The molecule has 0 bridgehead atoms. The zero-order chi connectivity index (χ0) is 25.9. The maximum Gasteiger partial charge on any atom is 0.311 e. The van der Waals surface area contributed by atoms with E-state index in [4.69, 9.17) is 32.7 Å². The molecule has 2 N–H and O–H groups in total. The SMILES string of the molecule is O=C(N[C@H]1CCCN(c2cccc(Cl)c2)C1)c1ccc(Oc2cc3c(cc2Cl)C(C(=O)O)CCO3)cc1. The van der Waals surface area contributed by atoms with Gasteiger partial charge in [-0.25, -0.2) is 0 Å². The Hall–Kier alpha value is -3.42. The van der Waals surface area contributed by atoms with E-state index >= 15 is 0 Å². The van der Waals surface area contributed by atoms with E-state index in [1.807, 2.05) is 24.3 Å². The Bertz CT molecular complexity index is 1310. The lowest BCUT2D eigenvalue weighted by Gasteiger charge is -2.34. The first-order chi connectivity index (χ1) is 17.9. The molecule has 1 unspecified atom stereocenters. The summed E-state index contributed by atoms with van der Waals surface area (Å²) in [6.45, 7) is 1.95. The van der Waals surface area contributed by atoms with Crippen LogP contribution in [0.5, 0.6) is 17.2 Å². The van der Waals surface area contributed by atoms with Gasteiger partial charge >= 0.3 is 5.97 Å². The zero-order valence-electron chi connectivity index (χ0n) is 20.0. The van der Waals surface area contributed by atoms with Crippen molar-refractivity contribution in [3.05, 3.63) is 81.8 Å². The number of carbonyl (C=O) groups is 2. The van der Waals surface area contributed by atoms with Gasteiger partial charge in [0.15, 0.2) is 0 Å². The largest absolute Gasteiger partial charge is 0.493 e. The molecule has 0 spiro atoms. The van der Waals surface area contributed by atoms with E-state index in [-0.39, 0.29) is 11.9 Å². The lowest BCUT2D eigenvalue weighted by Crippen LogP contribution is -2.47. The molecule has 0 radical (unpaired) electrons. The molecule has 1 amide bonds. The van der Waals surface area contributed by atoms with Gasteiger partial charge in [-0.2, -0.15) is 0 Å². The highest BCUT2D eigenvalue weighted by Gasteiger charge is 2.29. The molecule has 2 aliphatic rings. The van der Waals surface area contributed by atoms with Crippen LogP contribution in [0.3, 0.4) is 0 Å². The number of hydrogen-bond acceptors (Lipinski definition) is 5. The summed E-state index contributed by atoms with van der Waals surface area (Å²) < 4.78 is 11.6. The van der Waals surface area contributed by atoms with Crippen molar-refractivity contribution in [1.82, 2.24) is 5.32 Å². The number of carboxylic acid groups (broad SMARTS) is 1. The summed E-state index contributed by atoms with van der Waals surface area (Å²) in [5, 5.41) is 13.6. The zero-order valence-corrected chi connectivity index (χ0v) is 21.5. The van der Waals surface area contributed by atoms with Crippen molar-refractivity contribution >= 4 is 40.8 Å². The van der Waals surface area contributed by atoms with Crippen molar-refractivity contribution < 1.29 is 24.2 Å². The minimum atomic E-state index is -0.909. The summed E-state index contributed by atoms with van der Waals surface area (Å²) in [5.41, 5.74) is 2.12. The fourth-order valence-electron chi connectivity index (χ4n) is 4.80. The van der Waals surface area contributed by atoms with Gasteiger partial charge in [-0.3, -0.25) is 9.59 Å². The lowest BCUT2D eigenvalue weighted by molar-refractivity contribution is -0.139. The van der Waals surface area contributed by atoms with Gasteiger partial charge in [0, 0.05) is 47.0 Å². The second kappa shape index (κ2) is 10.9. The summed E-state index contributed by atoms with van der Waals surface area (Å²) in [7, 11) is 0. The van der Waals surface area contributed by atoms with Crippen LogP contribution in [-0.4, -0.2) is 42.7 Å². The molecule has 0 aromatic heterocycles. The number of nitrogens with zero attached hydrogens (tertiary/aromatic N) is 1. The number of rotatable bonds is 6. The van der Waals surface area contributed by atoms with Gasteiger partial charge in [-0.15, -0.1) is 0 Å². The molecule has 2 atom stereocenters. The molecule has 9 heteroatoms. The molecule has 3 aromatic carbocycles. The highest BCUT2D eigenvalue weighted by molar-refractivity contribution is 6.32. The maximum atomic E-state index is 12.9.